The molecule has 3 heteroatoms. The second kappa shape index (κ2) is 9.01. The molecular weight excluding hydrogens is 250 g/mol. The van der Waals surface area contributed by atoms with Crippen molar-refractivity contribution in [1.29, 1.82) is 0 Å². The van der Waals surface area contributed by atoms with Crippen molar-refractivity contribution < 1.29 is 9.47 Å². The quantitative estimate of drug-likeness (QED) is 0.514. The molecule has 1 rings (SSSR count). The molecule has 1 saturated carbocycles. The summed E-state index contributed by atoms with van der Waals surface area (Å²) >= 11 is 0. The molecule has 0 aromatic rings. The van der Waals surface area contributed by atoms with Crippen LogP contribution in [0, 0.1) is 0 Å². The lowest BCUT2D eigenvalue weighted by molar-refractivity contribution is -0.0811. The highest BCUT2D eigenvalue weighted by atomic mass is 16.5. The fourth-order valence-corrected chi connectivity index (χ4v) is 2.85. The lowest BCUT2D eigenvalue weighted by Gasteiger charge is -2.35. The van der Waals surface area contributed by atoms with Gasteiger partial charge in [0, 0.05) is 13.7 Å². The third-order valence-electron chi connectivity index (χ3n) is 4.55. The average molecular weight is 285 g/mol. The minimum Gasteiger partial charge on any atom is -0.379 e. The van der Waals surface area contributed by atoms with Crippen LogP contribution in [0.15, 0.2) is 0 Å². The Hall–Kier alpha value is -0.120. The molecular formula is C17H35NO2. The molecule has 1 N–H and O–H groups in total. The first-order valence-electron chi connectivity index (χ1n) is 8.43. The van der Waals surface area contributed by atoms with E-state index in [4.69, 9.17) is 9.47 Å². The zero-order chi connectivity index (χ0) is 14.9. The molecule has 0 spiro atoms. The number of methoxy groups -OCH3 is 1. The molecule has 0 heterocycles. The first kappa shape index (κ1) is 17.9. The van der Waals surface area contributed by atoms with Crippen LogP contribution in [0.2, 0.25) is 0 Å². The SMILES string of the molecule is CCCNCC1(OCCC(C)(C)OC)CCCCCC1. The summed E-state index contributed by atoms with van der Waals surface area (Å²) in [6.07, 6.45) is 9.90. The maximum atomic E-state index is 6.39. The lowest BCUT2D eigenvalue weighted by Crippen LogP contribution is -2.44. The Labute approximate surface area is 125 Å². The van der Waals surface area contributed by atoms with Crippen LogP contribution in [0.3, 0.4) is 0 Å². The first-order chi connectivity index (χ1) is 9.54. The van der Waals surface area contributed by atoms with Crippen LogP contribution in [-0.2, 0) is 9.47 Å². The summed E-state index contributed by atoms with van der Waals surface area (Å²) in [7, 11) is 1.78. The van der Waals surface area contributed by atoms with E-state index in [-0.39, 0.29) is 11.2 Å². The van der Waals surface area contributed by atoms with Gasteiger partial charge in [-0.25, -0.2) is 0 Å². The average Bonchev–Trinajstić information content (AvgIpc) is 2.65. The van der Waals surface area contributed by atoms with Crippen LogP contribution in [0.1, 0.15) is 72.1 Å². The summed E-state index contributed by atoms with van der Waals surface area (Å²) in [6.45, 7) is 9.38. The van der Waals surface area contributed by atoms with E-state index in [1.807, 2.05) is 0 Å². The van der Waals surface area contributed by atoms with Crippen LogP contribution in [0.5, 0.6) is 0 Å². The molecule has 0 saturated heterocycles. The number of hydrogen-bond donors (Lipinski definition) is 1. The van der Waals surface area contributed by atoms with E-state index in [1.54, 1.807) is 7.11 Å². The van der Waals surface area contributed by atoms with Gasteiger partial charge in [-0.1, -0.05) is 32.6 Å². The predicted octanol–water partition coefficient (Wildman–Crippen LogP) is 3.91. The molecule has 1 aliphatic rings. The smallest absolute Gasteiger partial charge is 0.0806 e. The van der Waals surface area contributed by atoms with Gasteiger partial charge >= 0.3 is 0 Å². The Balaban J connectivity index is 2.48. The first-order valence-corrected chi connectivity index (χ1v) is 8.43. The number of ether oxygens (including phenoxy) is 2. The molecule has 0 unspecified atom stereocenters. The van der Waals surface area contributed by atoms with Crippen molar-refractivity contribution in [2.24, 2.45) is 0 Å². The third-order valence-corrected chi connectivity index (χ3v) is 4.55. The number of rotatable bonds is 9. The van der Waals surface area contributed by atoms with E-state index in [9.17, 15) is 0 Å². The maximum absolute atomic E-state index is 6.39. The highest BCUT2D eigenvalue weighted by Gasteiger charge is 2.32. The van der Waals surface area contributed by atoms with Gasteiger partial charge in [0.25, 0.3) is 0 Å². The van der Waals surface area contributed by atoms with E-state index in [2.05, 4.69) is 26.1 Å². The zero-order valence-electron chi connectivity index (χ0n) is 14.1. The summed E-state index contributed by atoms with van der Waals surface area (Å²) in [6, 6.07) is 0. The van der Waals surface area contributed by atoms with Crippen molar-refractivity contribution in [3.05, 3.63) is 0 Å². The predicted molar refractivity (Wildman–Crippen MR) is 85.3 cm³/mol. The molecule has 0 atom stereocenters. The van der Waals surface area contributed by atoms with Crippen molar-refractivity contribution in [2.75, 3.05) is 26.8 Å². The molecule has 0 bridgehead atoms. The van der Waals surface area contributed by atoms with Gasteiger partial charge < -0.3 is 14.8 Å². The van der Waals surface area contributed by atoms with Crippen molar-refractivity contribution in [3.8, 4) is 0 Å². The second-order valence-electron chi connectivity index (χ2n) is 6.84. The minimum absolute atomic E-state index is 0.0650. The largest absolute Gasteiger partial charge is 0.379 e. The third kappa shape index (κ3) is 6.55. The van der Waals surface area contributed by atoms with Gasteiger partial charge in [-0.05, 0) is 46.1 Å². The van der Waals surface area contributed by atoms with E-state index in [1.165, 1.54) is 44.9 Å². The van der Waals surface area contributed by atoms with Crippen molar-refractivity contribution in [2.45, 2.75) is 83.3 Å². The Kier molecular flexibility index (Phi) is 8.08. The van der Waals surface area contributed by atoms with Crippen LogP contribution in [-0.4, -0.2) is 38.0 Å². The summed E-state index contributed by atoms with van der Waals surface area (Å²) in [5.74, 6) is 0. The van der Waals surface area contributed by atoms with Gasteiger partial charge in [-0.3, -0.25) is 0 Å². The van der Waals surface area contributed by atoms with Crippen molar-refractivity contribution >= 4 is 0 Å². The summed E-state index contributed by atoms with van der Waals surface area (Å²) in [4.78, 5) is 0. The molecule has 0 radical (unpaired) electrons. The number of nitrogens with one attached hydrogen (secondary N) is 1. The van der Waals surface area contributed by atoms with E-state index >= 15 is 0 Å². The standard InChI is InChI=1S/C17H35NO2/c1-5-13-18-15-17(10-8-6-7-9-11-17)20-14-12-16(2,3)19-4/h18H,5-15H2,1-4H3. The maximum Gasteiger partial charge on any atom is 0.0806 e. The molecule has 0 amide bonds. The zero-order valence-corrected chi connectivity index (χ0v) is 14.1. The van der Waals surface area contributed by atoms with Crippen molar-refractivity contribution in [1.82, 2.24) is 5.32 Å². The normalized spacial score (nSPS) is 19.8. The van der Waals surface area contributed by atoms with Gasteiger partial charge in [-0.15, -0.1) is 0 Å². The van der Waals surface area contributed by atoms with Crippen LogP contribution < -0.4 is 5.32 Å². The van der Waals surface area contributed by atoms with Gasteiger partial charge in [0.1, 0.15) is 0 Å². The molecule has 0 aromatic heterocycles. The second-order valence-corrected chi connectivity index (χ2v) is 6.84. The Bertz CT molecular complexity index is 245. The Morgan fingerprint density at radius 2 is 1.75 bits per heavy atom. The fraction of sp³-hybridized carbons (Fsp3) is 1.00. The topological polar surface area (TPSA) is 30.5 Å². The van der Waals surface area contributed by atoms with Crippen molar-refractivity contribution in [3.63, 3.8) is 0 Å². The highest BCUT2D eigenvalue weighted by molar-refractivity contribution is 4.86. The Morgan fingerprint density at radius 3 is 2.30 bits per heavy atom. The molecule has 120 valence electrons. The molecule has 20 heavy (non-hydrogen) atoms. The minimum atomic E-state index is -0.0806. The fourth-order valence-electron chi connectivity index (χ4n) is 2.85. The summed E-state index contributed by atoms with van der Waals surface area (Å²) < 4.78 is 11.9. The molecule has 3 nitrogen and oxygen atoms in total. The Morgan fingerprint density at radius 1 is 1.10 bits per heavy atom. The summed E-state index contributed by atoms with van der Waals surface area (Å²) in [5, 5.41) is 3.58. The van der Waals surface area contributed by atoms with E-state index in [0.717, 1.165) is 26.1 Å². The molecule has 0 aliphatic heterocycles. The van der Waals surface area contributed by atoms with E-state index < -0.39 is 0 Å². The van der Waals surface area contributed by atoms with Crippen LogP contribution >= 0.6 is 0 Å². The molecule has 1 fully saturated rings. The van der Waals surface area contributed by atoms with Gasteiger partial charge in [0.15, 0.2) is 0 Å². The van der Waals surface area contributed by atoms with Crippen LogP contribution in [0.4, 0.5) is 0 Å². The van der Waals surface area contributed by atoms with Gasteiger partial charge in [-0.2, -0.15) is 0 Å². The number of hydrogen-bond acceptors (Lipinski definition) is 3. The van der Waals surface area contributed by atoms with E-state index in [0.29, 0.717) is 0 Å². The van der Waals surface area contributed by atoms with Crippen LogP contribution in [0.25, 0.3) is 0 Å². The highest BCUT2D eigenvalue weighted by Crippen LogP contribution is 2.31. The summed E-state index contributed by atoms with van der Waals surface area (Å²) in [5.41, 5.74) is -0.0156. The van der Waals surface area contributed by atoms with Gasteiger partial charge in [0.05, 0.1) is 17.8 Å². The lowest BCUT2D eigenvalue weighted by atomic mass is 9.93. The van der Waals surface area contributed by atoms with Gasteiger partial charge in [0.2, 0.25) is 0 Å². The molecule has 1 aliphatic carbocycles. The molecule has 0 aromatic carbocycles. The monoisotopic (exact) mass is 285 g/mol.